The van der Waals surface area contributed by atoms with Gasteiger partial charge < -0.3 is 10.3 Å². The monoisotopic (exact) mass is 265 g/mol. The van der Waals surface area contributed by atoms with Crippen LogP contribution in [0.5, 0.6) is 0 Å². The SMILES string of the molecule is O=C(Nc1ccccc1Cl)c1c[nH]c(=O)[nH]c1=O. The zero-order valence-corrected chi connectivity index (χ0v) is 9.75. The Morgan fingerprint density at radius 2 is 1.94 bits per heavy atom. The molecule has 0 fully saturated rings. The Morgan fingerprint density at radius 1 is 1.22 bits per heavy atom. The van der Waals surface area contributed by atoms with Crippen molar-refractivity contribution < 1.29 is 4.79 Å². The Kier molecular flexibility index (Phi) is 3.29. The number of hydrogen-bond acceptors (Lipinski definition) is 3. The number of carbonyl (C=O) groups is 1. The van der Waals surface area contributed by atoms with Crippen LogP contribution in [0.2, 0.25) is 5.02 Å². The van der Waals surface area contributed by atoms with E-state index in [2.05, 4.69) is 10.3 Å². The molecular weight excluding hydrogens is 258 g/mol. The molecule has 1 aromatic heterocycles. The summed E-state index contributed by atoms with van der Waals surface area (Å²) in [5, 5.41) is 2.83. The first-order valence-corrected chi connectivity index (χ1v) is 5.33. The number of rotatable bonds is 2. The maximum absolute atomic E-state index is 11.8. The number of amides is 1. The average molecular weight is 266 g/mol. The molecule has 0 aliphatic carbocycles. The van der Waals surface area contributed by atoms with E-state index in [-0.39, 0.29) is 5.56 Å². The average Bonchev–Trinajstić information content (AvgIpc) is 2.32. The van der Waals surface area contributed by atoms with Crippen molar-refractivity contribution in [1.29, 1.82) is 0 Å². The topological polar surface area (TPSA) is 94.8 Å². The number of anilines is 1. The van der Waals surface area contributed by atoms with Gasteiger partial charge in [-0.3, -0.25) is 14.6 Å². The first-order chi connectivity index (χ1) is 8.58. The Balaban J connectivity index is 2.31. The minimum atomic E-state index is -0.761. The van der Waals surface area contributed by atoms with E-state index in [1.54, 1.807) is 24.3 Å². The van der Waals surface area contributed by atoms with Crippen LogP contribution in [0.4, 0.5) is 5.69 Å². The number of halogens is 1. The van der Waals surface area contributed by atoms with E-state index >= 15 is 0 Å². The zero-order valence-electron chi connectivity index (χ0n) is 8.99. The number of para-hydroxylation sites is 1. The first kappa shape index (κ1) is 12.1. The molecule has 0 atom stereocenters. The van der Waals surface area contributed by atoms with Gasteiger partial charge in [0.05, 0.1) is 10.7 Å². The van der Waals surface area contributed by atoms with E-state index in [1.165, 1.54) is 0 Å². The molecule has 1 heterocycles. The van der Waals surface area contributed by atoms with Crippen LogP contribution in [0, 0.1) is 0 Å². The Labute approximate surface area is 106 Å². The van der Waals surface area contributed by atoms with Crippen LogP contribution < -0.4 is 16.6 Å². The highest BCUT2D eigenvalue weighted by molar-refractivity contribution is 6.33. The Morgan fingerprint density at radius 3 is 2.61 bits per heavy atom. The predicted octanol–water partition coefficient (Wildman–Crippen LogP) is 0.969. The summed E-state index contributed by atoms with van der Waals surface area (Å²) >= 11 is 5.86. The van der Waals surface area contributed by atoms with Gasteiger partial charge in [0.15, 0.2) is 0 Å². The van der Waals surface area contributed by atoms with E-state index in [4.69, 9.17) is 11.6 Å². The van der Waals surface area contributed by atoms with Crippen LogP contribution in [-0.2, 0) is 0 Å². The number of hydrogen-bond donors (Lipinski definition) is 3. The van der Waals surface area contributed by atoms with Gasteiger partial charge in [-0.1, -0.05) is 23.7 Å². The fourth-order valence-electron chi connectivity index (χ4n) is 1.33. The molecule has 6 nitrogen and oxygen atoms in total. The van der Waals surface area contributed by atoms with Crippen molar-refractivity contribution in [2.45, 2.75) is 0 Å². The summed E-state index contributed by atoms with van der Waals surface area (Å²) in [6.07, 6.45) is 1.05. The van der Waals surface area contributed by atoms with E-state index in [0.717, 1.165) is 6.20 Å². The molecule has 2 aromatic rings. The molecule has 0 aliphatic rings. The molecule has 0 aliphatic heterocycles. The lowest BCUT2D eigenvalue weighted by Gasteiger charge is -2.05. The molecular formula is C11H8ClN3O3. The Bertz CT molecular complexity index is 705. The molecule has 0 spiro atoms. The maximum Gasteiger partial charge on any atom is 0.325 e. The van der Waals surface area contributed by atoms with Gasteiger partial charge in [0, 0.05) is 6.20 Å². The number of aromatic amines is 2. The summed E-state index contributed by atoms with van der Waals surface area (Å²) < 4.78 is 0. The van der Waals surface area contributed by atoms with Crippen LogP contribution in [0.15, 0.2) is 40.1 Å². The highest BCUT2D eigenvalue weighted by atomic mass is 35.5. The molecule has 0 bridgehead atoms. The van der Waals surface area contributed by atoms with Gasteiger partial charge in [0.2, 0.25) is 0 Å². The smallest absolute Gasteiger partial charge is 0.320 e. The lowest BCUT2D eigenvalue weighted by molar-refractivity contribution is 0.102. The first-order valence-electron chi connectivity index (χ1n) is 4.96. The third kappa shape index (κ3) is 2.49. The van der Waals surface area contributed by atoms with Gasteiger partial charge in [0.1, 0.15) is 5.56 Å². The summed E-state index contributed by atoms with van der Waals surface area (Å²) in [5.41, 5.74) is -1.25. The largest absolute Gasteiger partial charge is 0.325 e. The van der Waals surface area contributed by atoms with Crippen LogP contribution in [0.1, 0.15) is 10.4 Å². The molecule has 0 radical (unpaired) electrons. The fourth-order valence-corrected chi connectivity index (χ4v) is 1.51. The highest BCUT2D eigenvalue weighted by Crippen LogP contribution is 2.20. The van der Waals surface area contributed by atoms with Crippen LogP contribution in [0.25, 0.3) is 0 Å². The number of benzene rings is 1. The normalized spacial score (nSPS) is 10.1. The number of nitrogens with one attached hydrogen (secondary N) is 3. The third-order valence-electron chi connectivity index (χ3n) is 2.19. The fraction of sp³-hybridized carbons (Fsp3) is 0. The van der Waals surface area contributed by atoms with Gasteiger partial charge in [-0.05, 0) is 12.1 Å². The molecule has 92 valence electrons. The number of aromatic nitrogens is 2. The summed E-state index contributed by atoms with van der Waals surface area (Å²) in [4.78, 5) is 38.2. The van der Waals surface area contributed by atoms with Crippen molar-refractivity contribution in [3.63, 3.8) is 0 Å². The highest BCUT2D eigenvalue weighted by Gasteiger charge is 2.12. The number of H-pyrrole nitrogens is 2. The molecule has 0 unspecified atom stereocenters. The lowest BCUT2D eigenvalue weighted by Crippen LogP contribution is -2.29. The van der Waals surface area contributed by atoms with Crippen molar-refractivity contribution in [2.75, 3.05) is 5.32 Å². The van der Waals surface area contributed by atoms with Gasteiger partial charge in [-0.25, -0.2) is 4.79 Å². The second kappa shape index (κ2) is 4.89. The summed E-state index contributed by atoms with van der Waals surface area (Å²) in [6.45, 7) is 0. The van der Waals surface area contributed by atoms with Gasteiger partial charge in [-0.2, -0.15) is 0 Å². The van der Waals surface area contributed by atoms with E-state index in [0.29, 0.717) is 10.7 Å². The van der Waals surface area contributed by atoms with Crippen molar-refractivity contribution in [1.82, 2.24) is 9.97 Å². The molecule has 1 amide bonds. The van der Waals surface area contributed by atoms with Crippen molar-refractivity contribution in [3.05, 3.63) is 61.9 Å². The third-order valence-corrected chi connectivity index (χ3v) is 2.52. The predicted molar refractivity (Wildman–Crippen MR) is 67.1 cm³/mol. The summed E-state index contributed by atoms with van der Waals surface area (Å²) in [5.74, 6) is -0.652. The van der Waals surface area contributed by atoms with Crippen LogP contribution >= 0.6 is 11.6 Å². The quantitative estimate of drug-likeness (QED) is 0.755. The van der Waals surface area contributed by atoms with Crippen molar-refractivity contribution >= 4 is 23.2 Å². The maximum atomic E-state index is 11.8. The molecule has 7 heteroatoms. The lowest BCUT2D eigenvalue weighted by atomic mass is 10.2. The van der Waals surface area contributed by atoms with E-state index in [1.807, 2.05) is 4.98 Å². The van der Waals surface area contributed by atoms with Crippen molar-refractivity contribution in [3.8, 4) is 0 Å². The second-order valence-corrected chi connectivity index (χ2v) is 3.83. The van der Waals surface area contributed by atoms with Crippen LogP contribution in [-0.4, -0.2) is 15.9 Å². The van der Waals surface area contributed by atoms with Gasteiger partial charge >= 0.3 is 5.69 Å². The standard InChI is InChI=1S/C11H8ClN3O3/c12-7-3-1-2-4-8(7)14-9(16)6-5-13-11(18)15-10(6)17/h1-5H,(H,14,16)(H2,13,15,17,18). The van der Waals surface area contributed by atoms with Crippen molar-refractivity contribution in [2.24, 2.45) is 0 Å². The zero-order chi connectivity index (χ0) is 13.1. The van der Waals surface area contributed by atoms with Gasteiger partial charge in [-0.15, -0.1) is 0 Å². The summed E-state index contributed by atoms with van der Waals surface area (Å²) in [6, 6.07) is 6.61. The molecule has 3 N–H and O–H groups in total. The molecule has 0 saturated carbocycles. The summed E-state index contributed by atoms with van der Waals surface area (Å²) in [7, 11) is 0. The molecule has 2 rings (SSSR count). The second-order valence-electron chi connectivity index (χ2n) is 3.42. The number of carbonyl (C=O) groups excluding carboxylic acids is 1. The van der Waals surface area contributed by atoms with E-state index in [9.17, 15) is 14.4 Å². The molecule has 18 heavy (non-hydrogen) atoms. The molecule has 1 aromatic carbocycles. The van der Waals surface area contributed by atoms with E-state index < -0.39 is 17.2 Å². The minimum absolute atomic E-state index is 0.200. The minimum Gasteiger partial charge on any atom is -0.320 e. The van der Waals surface area contributed by atoms with Gasteiger partial charge in [0.25, 0.3) is 11.5 Å². The van der Waals surface area contributed by atoms with Crippen LogP contribution in [0.3, 0.4) is 0 Å². The Hall–Kier alpha value is -2.34. The molecule has 0 saturated heterocycles.